The molecule has 2 rings (SSSR count). The van der Waals surface area contributed by atoms with Crippen LogP contribution in [0, 0.1) is 5.92 Å². The Morgan fingerprint density at radius 2 is 2.16 bits per heavy atom. The number of nitrogens with zero attached hydrogens (tertiary/aromatic N) is 1. The molecule has 0 aliphatic carbocycles. The van der Waals surface area contributed by atoms with Crippen molar-refractivity contribution in [3.8, 4) is 0 Å². The van der Waals surface area contributed by atoms with Crippen molar-refractivity contribution in [2.45, 2.75) is 32.4 Å². The Kier molecular flexibility index (Phi) is 4.87. The fourth-order valence-electron chi connectivity index (χ4n) is 2.72. The van der Waals surface area contributed by atoms with Gasteiger partial charge in [0.2, 0.25) is 0 Å². The van der Waals surface area contributed by atoms with E-state index in [1.54, 1.807) is 0 Å². The first-order chi connectivity index (χ1) is 9.02. The van der Waals surface area contributed by atoms with E-state index in [9.17, 15) is 5.11 Å². The van der Waals surface area contributed by atoms with E-state index in [1.807, 2.05) is 14.0 Å². The number of halogens is 1. The Hall–Kier alpha value is -0.580. The predicted molar refractivity (Wildman–Crippen MR) is 83.6 cm³/mol. The zero-order valence-corrected chi connectivity index (χ0v) is 13.4. The summed E-state index contributed by atoms with van der Waals surface area (Å²) in [5.74, 6) is 0.390. The van der Waals surface area contributed by atoms with Gasteiger partial charge in [-0.1, -0.05) is 15.9 Å². The minimum atomic E-state index is -0.217. The summed E-state index contributed by atoms with van der Waals surface area (Å²) in [6.07, 6.45) is 0.854. The largest absolute Gasteiger partial charge is 0.393 e. The number of aliphatic hydroxyl groups excluding tert-OH is 1. The van der Waals surface area contributed by atoms with Crippen LogP contribution in [0.5, 0.6) is 0 Å². The molecule has 0 saturated carbocycles. The standard InChI is InChI=1S/C15H23BrN2O/c1-10(17-3)14-8-13(16)4-5-15(14)18-7-6-12(9-18)11(2)19/h4-5,8,10-12,17,19H,6-7,9H2,1-3H3. The number of aliphatic hydroxyl groups is 1. The molecule has 3 atom stereocenters. The summed E-state index contributed by atoms with van der Waals surface area (Å²) in [7, 11) is 1.98. The van der Waals surface area contributed by atoms with Crippen LogP contribution in [0.4, 0.5) is 5.69 Å². The van der Waals surface area contributed by atoms with Gasteiger partial charge in [-0.25, -0.2) is 0 Å². The van der Waals surface area contributed by atoms with Crippen molar-refractivity contribution in [3.05, 3.63) is 28.2 Å². The van der Waals surface area contributed by atoms with Crippen LogP contribution in [0.3, 0.4) is 0 Å². The Morgan fingerprint density at radius 3 is 2.74 bits per heavy atom. The van der Waals surface area contributed by atoms with E-state index >= 15 is 0 Å². The fraction of sp³-hybridized carbons (Fsp3) is 0.600. The molecule has 106 valence electrons. The number of hydrogen-bond acceptors (Lipinski definition) is 3. The molecule has 0 bridgehead atoms. The Balaban J connectivity index is 2.25. The molecule has 0 radical (unpaired) electrons. The molecule has 4 heteroatoms. The first-order valence-corrected chi connectivity index (χ1v) is 7.72. The predicted octanol–water partition coefficient (Wildman–Crippen LogP) is 2.94. The van der Waals surface area contributed by atoms with E-state index in [4.69, 9.17) is 0 Å². The molecular formula is C15H23BrN2O. The van der Waals surface area contributed by atoms with Crippen molar-refractivity contribution in [3.63, 3.8) is 0 Å². The van der Waals surface area contributed by atoms with Gasteiger partial charge >= 0.3 is 0 Å². The number of anilines is 1. The van der Waals surface area contributed by atoms with Crippen molar-refractivity contribution in [2.24, 2.45) is 5.92 Å². The zero-order chi connectivity index (χ0) is 14.0. The summed E-state index contributed by atoms with van der Waals surface area (Å²) < 4.78 is 1.11. The van der Waals surface area contributed by atoms with Crippen LogP contribution in [-0.4, -0.2) is 31.3 Å². The van der Waals surface area contributed by atoms with Crippen molar-refractivity contribution in [1.82, 2.24) is 5.32 Å². The summed E-state index contributed by atoms with van der Waals surface area (Å²) in [4.78, 5) is 2.40. The van der Waals surface area contributed by atoms with E-state index in [-0.39, 0.29) is 6.10 Å². The van der Waals surface area contributed by atoms with Gasteiger partial charge in [-0.2, -0.15) is 0 Å². The Morgan fingerprint density at radius 1 is 1.42 bits per heavy atom. The molecule has 0 aromatic heterocycles. The van der Waals surface area contributed by atoms with Gasteiger partial charge in [0.05, 0.1) is 6.10 Å². The number of benzene rings is 1. The van der Waals surface area contributed by atoms with Crippen molar-refractivity contribution >= 4 is 21.6 Å². The third-order valence-corrected chi connectivity index (χ3v) is 4.63. The SMILES string of the molecule is CNC(C)c1cc(Br)ccc1N1CCC(C(C)O)C1. The van der Waals surface area contributed by atoms with Crippen LogP contribution >= 0.6 is 15.9 Å². The highest BCUT2D eigenvalue weighted by Crippen LogP contribution is 2.33. The highest BCUT2D eigenvalue weighted by atomic mass is 79.9. The van der Waals surface area contributed by atoms with Crippen LogP contribution in [0.25, 0.3) is 0 Å². The van der Waals surface area contributed by atoms with E-state index < -0.39 is 0 Å². The second-order valence-electron chi connectivity index (χ2n) is 5.45. The molecule has 1 heterocycles. The minimum Gasteiger partial charge on any atom is -0.393 e. The van der Waals surface area contributed by atoms with Crippen molar-refractivity contribution < 1.29 is 5.11 Å². The highest BCUT2D eigenvalue weighted by Gasteiger charge is 2.27. The summed E-state index contributed by atoms with van der Waals surface area (Å²) in [5.41, 5.74) is 2.59. The topological polar surface area (TPSA) is 35.5 Å². The maximum absolute atomic E-state index is 9.74. The lowest BCUT2D eigenvalue weighted by Gasteiger charge is -2.25. The van der Waals surface area contributed by atoms with Gasteiger partial charge in [0.25, 0.3) is 0 Å². The number of nitrogens with one attached hydrogen (secondary N) is 1. The number of hydrogen-bond donors (Lipinski definition) is 2. The second kappa shape index (κ2) is 6.25. The van der Waals surface area contributed by atoms with Gasteiger partial charge in [0, 0.05) is 35.2 Å². The summed E-state index contributed by atoms with van der Waals surface area (Å²) in [6, 6.07) is 6.78. The smallest absolute Gasteiger partial charge is 0.0557 e. The van der Waals surface area contributed by atoms with Gasteiger partial charge in [-0.05, 0) is 51.1 Å². The zero-order valence-electron chi connectivity index (χ0n) is 11.9. The summed E-state index contributed by atoms with van der Waals surface area (Å²) in [6.45, 7) is 6.05. The molecule has 1 aromatic carbocycles. The molecule has 1 saturated heterocycles. The minimum absolute atomic E-state index is 0.217. The van der Waals surface area contributed by atoms with Gasteiger partial charge in [-0.15, -0.1) is 0 Å². The van der Waals surface area contributed by atoms with Crippen LogP contribution < -0.4 is 10.2 Å². The maximum atomic E-state index is 9.74. The second-order valence-corrected chi connectivity index (χ2v) is 6.36. The molecule has 2 N–H and O–H groups in total. The molecular weight excluding hydrogens is 304 g/mol. The number of rotatable bonds is 4. The van der Waals surface area contributed by atoms with Gasteiger partial charge in [0.15, 0.2) is 0 Å². The van der Waals surface area contributed by atoms with E-state index in [0.717, 1.165) is 24.0 Å². The first kappa shape index (κ1) is 14.8. The van der Waals surface area contributed by atoms with Crippen molar-refractivity contribution in [2.75, 3.05) is 25.0 Å². The summed E-state index contributed by atoms with van der Waals surface area (Å²) in [5, 5.41) is 13.0. The normalized spacial score (nSPS) is 22.6. The first-order valence-electron chi connectivity index (χ1n) is 6.92. The molecule has 19 heavy (non-hydrogen) atoms. The van der Waals surface area contributed by atoms with Gasteiger partial charge in [-0.3, -0.25) is 0 Å². The quantitative estimate of drug-likeness (QED) is 0.893. The average Bonchev–Trinajstić information content (AvgIpc) is 2.87. The monoisotopic (exact) mass is 326 g/mol. The lowest BCUT2D eigenvalue weighted by atomic mass is 10.0. The third-order valence-electron chi connectivity index (χ3n) is 4.14. The molecule has 1 aliphatic rings. The lowest BCUT2D eigenvalue weighted by Crippen LogP contribution is -2.26. The van der Waals surface area contributed by atoms with Crippen LogP contribution in [-0.2, 0) is 0 Å². The molecule has 1 aliphatic heterocycles. The molecule has 1 aromatic rings. The molecule has 3 unspecified atom stereocenters. The van der Waals surface area contributed by atoms with Gasteiger partial charge < -0.3 is 15.3 Å². The van der Waals surface area contributed by atoms with E-state index in [0.29, 0.717) is 12.0 Å². The van der Waals surface area contributed by atoms with Crippen molar-refractivity contribution in [1.29, 1.82) is 0 Å². The fourth-order valence-corrected chi connectivity index (χ4v) is 3.09. The lowest BCUT2D eigenvalue weighted by molar-refractivity contribution is 0.136. The van der Waals surface area contributed by atoms with E-state index in [1.165, 1.54) is 11.3 Å². The van der Waals surface area contributed by atoms with Gasteiger partial charge in [0.1, 0.15) is 0 Å². The molecule has 3 nitrogen and oxygen atoms in total. The van der Waals surface area contributed by atoms with Crippen LogP contribution in [0.15, 0.2) is 22.7 Å². The molecule has 0 spiro atoms. The van der Waals surface area contributed by atoms with Crippen LogP contribution in [0.2, 0.25) is 0 Å². The highest BCUT2D eigenvalue weighted by molar-refractivity contribution is 9.10. The van der Waals surface area contributed by atoms with Crippen LogP contribution in [0.1, 0.15) is 31.9 Å². The molecule has 1 fully saturated rings. The Labute approximate surface area is 124 Å². The average molecular weight is 327 g/mol. The summed E-state index contributed by atoms with van der Waals surface area (Å²) >= 11 is 3.55. The maximum Gasteiger partial charge on any atom is 0.0557 e. The third kappa shape index (κ3) is 3.30. The Bertz CT molecular complexity index is 436. The van der Waals surface area contributed by atoms with E-state index in [2.05, 4.69) is 51.3 Å². The molecule has 0 amide bonds.